The summed E-state index contributed by atoms with van der Waals surface area (Å²) in [4.78, 5) is 13.0. The summed E-state index contributed by atoms with van der Waals surface area (Å²) in [5, 5.41) is 9.08. The molecule has 0 aliphatic carbocycles. The number of rotatable bonds is 6. The van der Waals surface area contributed by atoms with Gasteiger partial charge < -0.3 is 14.7 Å². The van der Waals surface area contributed by atoms with Crippen molar-refractivity contribution in [1.82, 2.24) is 4.90 Å². The Hall–Kier alpha value is -0.610. The fraction of sp³-hybridized carbons (Fsp3) is 0.900. The molecular weight excluding hydrogens is 182 g/mol. The quantitative estimate of drug-likeness (QED) is 0.689. The number of methoxy groups -OCH3 is 1. The largest absolute Gasteiger partial charge is 0.392 e. The van der Waals surface area contributed by atoms with Crippen LogP contribution in [0.3, 0.4) is 0 Å². The molecule has 2 atom stereocenters. The molecule has 2 unspecified atom stereocenters. The van der Waals surface area contributed by atoms with Gasteiger partial charge in [-0.3, -0.25) is 4.79 Å². The molecule has 1 N–H and O–H groups in total. The summed E-state index contributed by atoms with van der Waals surface area (Å²) in [5.41, 5.74) is 0. The first-order valence-electron chi connectivity index (χ1n) is 4.92. The second kappa shape index (κ2) is 6.79. The maximum Gasteiger partial charge on any atom is 0.222 e. The maximum atomic E-state index is 11.5. The Morgan fingerprint density at radius 3 is 2.50 bits per heavy atom. The summed E-state index contributed by atoms with van der Waals surface area (Å²) in [7, 11) is 3.33. The molecule has 0 saturated carbocycles. The van der Waals surface area contributed by atoms with Gasteiger partial charge in [-0.15, -0.1) is 0 Å². The lowest BCUT2D eigenvalue weighted by molar-refractivity contribution is -0.131. The lowest BCUT2D eigenvalue weighted by Gasteiger charge is -2.19. The number of aliphatic hydroxyl groups is 1. The van der Waals surface area contributed by atoms with E-state index in [1.165, 1.54) is 0 Å². The van der Waals surface area contributed by atoms with E-state index in [9.17, 15) is 4.79 Å². The Balaban J connectivity index is 3.73. The summed E-state index contributed by atoms with van der Waals surface area (Å²) >= 11 is 0. The molecule has 0 heterocycles. The molecule has 0 aliphatic rings. The number of aliphatic hydroxyl groups excluding tert-OH is 1. The average molecular weight is 203 g/mol. The van der Waals surface area contributed by atoms with Gasteiger partial charge in [0.05, 0.1) is 12.2 Å². The number of amides is 1. The van der Waals surface area contributed by atoms with E-state index in [1.54, 1.807) is 26.0 Å². The van der Waals surface area contributed by atoms with E-state index >= 15 is 0 Å². The average Bonchev–Trinajstić information content (AvgIpc) is 2.12. The van der Waals surface area contributed by atoms with Crippen LogP contribution in [0, 0.1) is 0 Å². The van der Waals surface area contributed by atoms with Crippen molar-refractivity contribution in [3.8, 4) is 0 Å². The van der Waals surface area contributed by atoms with Gasteiger partial charge in [-0.1, -0.05) is 0 Å². The summed E-state index contributed by atoms with van der Waals surface area (Å²) in [6.45, 7) is 3.99. The molecule has 0 saturated heterocycles. The summed E-state index contributed by atoms with van der Waals surface area (Å²) < 4.78 is 5.04. The van der Waals surface area contributed by atoms with Gasteiger partial charge in [0, 0.05) is 27.1 Å². The minimum absolute atomic E-state index is 0.0507. The first-order valence-corrected chi connectivity index (χ1v) is 4.92. The SMILES string of the molecule is COC(C)CCC(=O)N(C)CC(C)O. The second-order valence-corrected chi connectivity index (χ2v) is 3.71. The minimum Gasteiger partial charge on any atom is -0.392 e. The van der Waals surface area contributed by atoms with Gasteiger partial charge >= 0.3 is 0 Å². The molecule has 0 aromatic heterocycles. The third-order valence-corrected chi connectivity index (χ3v) is 2.13. The molecule has 0 fully saturated rings. The van der Waals surface area contributed by atoms with Crippen LogP contribution in [-0.4, -0.2) is 48.8 Å². The molecular formula is C10H21NO3. The molecule has 0 spiro atoms. The number of ether oxygens (including phenoxy) is 1. The summed E-state index contributed by atoms with van der Waals surface area (Å²) in [5.74, 6) is 0.0507. The fourth-order valence-electron chi connectivity index (χ4n) is 1.13. The predicted molar refractivity (Wildman–Crippen MR) is 55.0 cm³/mol. The number of nitrogens with zero attached hydrogens (tertiary/aromatic N) is 1. The number of hydrogen-bond acceptors (Lipinski definition) is 3. The normalized spacial score (nSPS) is 14.9. The third-order valence-electron chi connectivity index (χ3n) is 2.13. The highest BCUT2D eigenvalue weighted by Crippen LogP contribution is 2.03. The Bertz CT molecular complexity index is 171. The minimum atomic E-state index is -0.469. The van der Waals surface area contributed by atoms with E-state index in [0.29, 0.717) is 13.0 Å². The van der Waals surface area contributed by atoms with Crippen molar-refractivity contribution in [1.29, 1.82) is 0 Å². The zero-order valence-electron chi connectivity index (χ0n) is 9.49. The molecule has 0 aliphatic heterocycles. The van der Waals surface area contributed by atoms with Gasteiger partial charge in [-0.25, -0.2) is 0 Å². The predicted octanol–water partition coefficient (Wildman–Crippen LogP) is 0.641. The van der Waals surface area contributed by atoms with Crippen molar-refractivity contribution in [2.75, 3.05) is 20.7 Å². The van der Waals surface area contributed by atoms with Crippen LogP contribution in [-0.2, 0) is 9.53 Å². The first-order chi connectivity index (χ1) is 6.47. The van der Waals surface area contributed by atoms with Crippen LogP contribution in [0.4, 0.5) is 0 Å². The molecule has 4 nitrogen and oxygen atoms in total. The van der Waals surface area contributed by atoms with Crippen LogP contribution in [0.15, 0.2) is 0 Å². The van der Waals surface area contributed by atoms with Crippen LogP contribution in [0.1, 0.15) is 26.7 Å². The van der Waals surface area contributed by atoms with E-state index in [-0.39, 0.29) is 12.0 Å². The summed E-state index contributed by atoms with van der Waals surface area (Å²) in [6, 6.07) is 0. The van der Waals surface area contributed by atoms with E-state index < -0.39 is 6.10 Å². The highest BCUT2D eigenvalue weighted by Gasteiger charge is 2.11. The van der Waals surface area contributed by atoms with Gasteiger partial charge in [-0.2, -0.15) is 0 Å². The van der Waals surface area contributed by atoms with E-state index in [1.807, 2.05) is 6.92 Å². The fourth-order valence-corrected chi connectivity index (χ4v) is 1.13. The number of hydrogen-bond donors (Lipinski definition) is 1. The lowest BCUT2D eigenvalue weighted by atomic mass is 10.2. The third kappa shape index (κ3) is 5.94. The summed E-state index contributed by atoms with van der Waals surface area (Å²) in [6.07, 6.45) is 0.834. The monoisotopic (exact) mass is 203 g/mol. The van der Waals surface area contributed by atoms with Crippen molar-refractivity contribution < 1.29 is 14.6 Å². The Kier molecular flexibility index (Phi) is 6.49. The van der Waals surface area contributed by atoms with Crippen molar-refractivity contribution in [2.24, 2.45) is 0 Å². The zero-order chi connectivity index (χ0) is 11.1. The van der Waals surface area contributed by atoms with Crippen LogP contribution in [0.2, 0.25) is 0 Å². The lowest BCUT2D eigenvalue weighted by Crippen LogP contribution is -2.33. The number of likely N-dealkylation sites (N-methyl/N-ethyl adjacent to an activating group) is 1. The second-order valence-electron chi connectivity index (χ2n) is 3.71. The number of carbonyl (C=O) groups is 1. The van der Waals surface area contributed by atoms with Crippen molar-refractivity contribution >= 4 is 5.91 Å². The Labute approximate surface area is 85.9 Å². The molecule has 84 valence electrons. The topological polar surface area (TPSA) is 49.8 Å². The van der Waals surface area contributed by atoms with Gasteiger partial charge in [-0.05, 0) is 20.3 Å². The van der Waals surface area contributed by atoms with Crippen LogP contribution in [0.25, 0.3) is 0 Å². The van der Waals surface area contributed by atoms with Gasteiger partial charge in [0.1, 0.15) is 0 Å². The molecule has 0 aromatic carbocycles. The molecule has 0 bridgehead atoms. The van der Waals surface area contributed by atoms with E-state index in [4.69, 9.17) is 9.84 Å². The Morgan fingerprint density at radius 1 is 1.50 bits per heavy atom. The standard InChI is InChI=1S/C10H21NO3/c1-8(12)7-11(3)10(13)6-5-9(2)14-4/h8-9,12H,5-7H2,1-4H3. The van der Waals surface area contributed by atoms with Gasteiger partial charge in [0.25, 0.3) is 0 Å². The highest BCUT2D eigenvalue weighted by molar-refractivity contribution is 5.75. The van der Waals surface area contributed by atoms with Crippen LogP contribution >= 0.6 is 0 Å². The molecule has 4 heteroatoms. The Morgan fingerprint density at radius 2 is 2.07 bits per heavy atom. The first kappa shape index (κ1) is 13.4. The molecule has 1 amide bonds. The van der Waals surface area contributed by atoms with Gasteiger partial charge in [0.2, 0.25) is 5.91 Å². The van der Waals surface area contributed by atoms with E-state index in [2.05, 4.69) is 0 Å². The van der Waals surface area contributed by atoms with Crippen molar-refractivity contribution in [3.63, 3.8) is 0 Å². The molecule has 0 rings (SSSR count). The van der Waals surface area contributed by atoms with Crippen LogP contribution < -0.4 is 0 Å². The van der Waals surface area contributed by atoms with Crippen molar-refractivity contribution in [3.05, 3.63) is 0 Å². The highest BCUT2D eigenvalue weighted by atomic mass is 16.5. The smallest absolute Gasteiger partial charge is 0.222 e. The van der Waals surface area contributed by atoms with E-state index in [0.717, 1.165) is 6.42 Å². The molecule has 0 aromatic rings. The van der Waals surface area contributed by atoms with Crippen LogP contribution in [0.5, 0.6) is 0 Å². The van der Waals surface area contributed by atoms with Crippen molar-refractivity contribution in [2.45, 2.75) is 38.9 Å². The molecule has 14 heavy (non-hydrogen) atoms. The maximum absolute atomic E-state index is 11.5. The molecule has 0 radical (unpaired) electrons. The number of carbonyl (C=O) groups excluding carboxylic acids is 1. The zero-order valence-corrected chi connectivity index (χ0v) is 9.49. The van der Waals surface area contributed by atoms with Gasteiger partial charge in [0.15, 0.2) is 0 Å².